The second-order valence-corrected chi connectivity index (χ2v) is 8.32. The minimum atomic E-state index is -0.519. The number of nitro benzene ring substituents is 1. The molecule has 10 heteroatoms. The molecule has 2 fully saturated rings. The molecule has 31 heavy (non-hydrogen) atoms. The number of nitrogens with zero attached hydrogens (tertiary/aromatic N) is 2. The molecule has 170 valence electrons. The van der Waals surface area contributed by atoms with Crippen molar-refractivity contribution in [3.8, 4) is 0 Å². The van der Waals surface area contributed by atoms with Gasteiger partial charge in [-0.25, -0.2) is 0 Å². The molecule has 1 aliphatic carbocycles. The zero-order valence-corrected chi connectivity index (χ0v) is 17.9. The third-order valence-corrected chi connectivity index (χ3v) is 5.95. The van der Waals surface area contributed by atoms with E-state index in [0.29, 0.717) is 37.9 Å². The smallest absolute Gasteiger partial charge is 0.293 e. The summed E-state index contributed by atoms with van der Waals surface area (Å²) < 4.78 is 5.42. The van der Waals surface area contributed by atoms with Gasteiger partial charge in [-0.2, -0.15) is 0 Å². The summed E-state index contributed by atoms with van der Waals surface area (Å²) in [5.41, 5.74) is 6.14. The quantitative estimate of drug-likeness (QED) is 0.421. The van der Waals surface area contributed by atoms with Gasteiger partial charge in [-0.05, 0) is 37.7 Å². The summed E-state index contributed by atoms with van der Waals surface area (Å²) in [7, 11) is 0. The highest BCUT2D eigenvalue weighted by atomic mass is 16.6. The van der Waals surface area contributed by atoms with Gasteiger partial charge in [0.05, 0.1) is 29.4 Å². The van der Waals surface area contributed by atoms with Crippen molar-refractivity contribution in [3.05, 3.63) is 27.8 Å². The van der Waals surface area contributed by atoms with Crippen molar-refractivity contribution < 1.29 is 19.2 Å². The Morgan fingerprint density at radius 2 is 1.90 bits per heavy atom. The number of rotatable bonds is 8. The molecule has 1 aromatic carbocycles. The van der Waals surface area contributed by atoms with Crippen molar-refractivity contribution in [1.82, 2.24) is 5.32 Å². The summed E-state index contributed by atoms with van der Waals surface area (Å²) in [6, 6.07) is 3.04. The van der Waals surface area contributed by atoms with E-state index in [1.807, 2.05) is 4.90 Å². The Labute approximate surface area is 181 Å². The van der Waals surface area contributed by atoms with E-state index in [4.69, 9.17) is 10.5 Å². The van der Waals surface area contributed by atoms with Gasteiger partial charge in [-0.15, -0.1) is 0 Å². The maximum Gasteiger partial charge on any atom is 0.293 e. The lowest BCUT2D eigenvalue weighted by atomic mass is 9.87. The van der Waals surface area contributed by atoms with Crippen LogP contribution in [0.5, 0.6) is 0 Å². The number of primary amides is 1. The van der Waals surface area contributed by atoms with Gasteiger partial charge in [0.1, 0.15) is 5.69 Å². The predicted octanol–water partition coefficient (Wildman–Crippen LogP) is 2.03. The molecule has 0 spiro atoms. The number of morpholine rings is 1. The number of hydrogen-bond acceptors (Lipinski definition) is 7. The van der Waals surface area contributed by atoms with Crippen molar-refractivity contribution in [2.24, 2.45) is 11.7 Å². The van der Waals surface area contributed by atoms with Gasteiger partial charge < -0.3 is 26.0 Å². The Balaban J connectivity index is 1.90. The first kappa shape index (κ1) is 22.8. The zero-order chi connectivity index (χ0) is 22.4. The number of anilines is 2. The van der Waals surface area contributed by atoms with Gasteiger partial charge in [0, 0.05) is 38.2 Å². The Bertz CT molecular complexity index is 817. The number of nitrogens with one attached hydrogen (secondary N) is 2. The van der Waals surface area contributed by atoms with Crippen LogP contribution in [0.4, 0.5) is 17.1 Å². The van der Waals surface area contributed by atoms with E-state index >= 15 is 0 Å². The number of hydrogen-bond donors (Lipinski definition) is 3. The molecule has 10 nitrogen and oxygen atoms in total. The first-order chi connectivity index (χ1) is 14.8. The molecule has 4 N–H and O–H groups in total. The molecule has 0 atom stereocenters. The number of ether oxygens (including phenoxy) is 1. The maximum atomic E-state index is 13.2. The van der Waals surface area contributed by atoms with E-state index in [0.717, 1.165) is 25.7 Å². The SMILES string of the molecule is CC1CCC(NC(=O)c2cc([N+](=O)[O-])c(NCCC(N)=O)cc2N2CCOCC2)CC1. The highest BCUT2D eigenvalue weighted by Crippen LogP contribution is 2.34. The summed E-state index contributed by atoms with van der Waals surface area (Å²) in [6.07, 6.45) is 3.99. The Morgan fingerprint density at radius 1 is 1.23 bits per heavy atom. The van der Waals surface area contributed by atoms with Crippen LogP contribution in [0.1, 0.15) is 49.4 Å². The highest BCUT2D eigenvalue weighted by Gasteiger charge is 2.28. The third-order valence-electron chi connectivity index (χ3n) is 5.95. The fraction of sp³-hybridized carbons (Fsp3) is 0.619. The van der Waals surface area contributed by atoms with Crippen LogP contribution in [-0.4, -0.2) is 55.6 Å². The number of amides is 2. The molecule has 1 heterocycles. The fourth-order valence-corrected chi connectivity index (χ4v) is 4.11. The fourth-order valence-electron chi connectivity index (χ4n) is 4.11. The van der Waals surface area contributed by atoms with Crippen molar-refractivity contribution in [2.75, 3.05) is 43.1 Å². The first-order valence-corrected chi connectivity index (χ1v) is 10.8. The molecule has 2 amide bonds. The molecular weight excluding hydrogens is 402 g/mol. The van der Waals surface area contributed by atoms with Crippen LogP contribution >= 0.6 is 0 Å². The number of carbonyl (C=O) groups excluding carboxylic acids is 2. The summed E-state index contributed by atoms with van der Waals surface area (Å²) >= 11 is 0. The van der Waals surface area contributed by atoms with Gasteiger partial charge in [0.2, 0.25) is 5.91 Å². The standard InChI is InChI=1S/C21H31N5O5/c1-14-2-4-15(5-3-14)24-21(28)16-12-19(26(29)30)17(23-7-6-20(22)27)13-18(16)25-8-10-31-11-9-25/h12-15,23H,2-11H2,1H3,(H2,22,27)(H,24,28). The zero-order valence-electron chi connectivity index (χ0n) is 17.9. The molecule has 1 saturated heterocycles. The van der Waals surface area contributed by atoms with Gasteiger partial charge in [-0.1, -0.05) is 6.92 Å². The first-order valence-electron chi connectivity index (χ1n) is 10.8. The summed E-state index contributed by atoms with van der Waals surface area (Å²) in [4.78, 5) is 37.4. The second kappa shape index (κ2) is 10.4. The minimum absolute atomic E-state index is 0.0480. The monoisotopic (exact) mass is 433 g/mol. The normalized spacial score (nSPS) is 21.4. The topological polar surface area (TPSA) is 140 Å². The van der Waals surface area contributed by atoms with Crippen LogP contribution in [0.2, 0.25) is 0 Å². The van der Waals surface area contributed by atoms with Gasteiger partial charge >= 0.3 is 0 Å². The lowest BCUT2D eigenvalue weighted by Crippen LogP contribution is -2.40. The molecule has 1 aliphatic heterocycles. The summed E-state index contributed by atoms with van der Waals surface area (Å²) in [6.45, 7) is 4.58. The summed E-state index contributed by atoms with van der Waals surface area (Å²) in [5.74, 6) is -0.141. The molecular formula is C21H31N5O5. The number of carbonyl (C=O) groups is 2. The van der Waals surface area contributed by atoms with E-state index in [1.165, 1.54) is 6.07 Å². The van der Waals surface area contributed by atoms with Crippen molar-refractivity contribution in [3.63, 3.8) is 0 Å². The maximum absolute atomic E-state index is 13.2. The lowest BCUT2D eigenvalue weighted by molar-refractivity contribution is -0.384. The predicted molar refractivity (Wildman–Crippen MR) is 117 cm³/mol. The molecule has 2 aliphatic rings. The van der Waals surface area contributed by atoms with Gasteiger partial charge in [0.15, 0.2) is 0 Å². The number of nitrogens with two attached hydrogens (primary N) is 1. The van der Waals surface area contributed by atoms with Crippen LogP contribution in [0.15, 0.2) is 12.1 Å². The molecule has 0 unspecified atom stereocenters. The Kier molecular flexibility index (Phi) is 7.67. The third kappa shape index (κ3) is 6.06. The highest BCUT2D eigenvalue weighted by molar-refractivity contribution is 6.02. The Hall–Kier alpha value is -2.88. The van der Waals surface area contributed by atoms with E-state index in [9.17, 15) is 19.7 Å². The molecule has 0 radical (unpaired) electrons. The van der Waals surface area contributed by atoms with Crippen LogP contribution < -0.4 is 21.3 Å². The minimum Gasteiger partial charge on any atom is -0.379 e. The van der Waals surface area contributed by atoms with Crippen molar-refractivity contribution in [2.45, 2.75) is 45.1 Å². The molecule has 0 aromatic heterocycles. The van der Waals surface area contributed by atoms with Gasteiger partial charge in [0.25, 0.3) is 11.6 Å². The average Bonchev–Trinajstić information content (AvgIpc) is 2.75. The number of benzene rings is 1. The second-order valence-electron chi connectivity index (χ2n) is 8.32. The van der Waals surface area contributed by atoms with Gasteiger partial charge in [-0.3, -0.25) is 19.7 Å². The Morgan fingerprint density at radius 3 is 2.52 bits per heavy atom. The van der Waals surface area contributed by atoms with E-state index in [-0.39, 0.29) is 41.9 Å². The summed E-state index contributed by atoms with van der Waals surface area (Å²) in [5, 5.41) is 17.7. The van der Waals surface area contributed by atoms with E-state index in [2.05, 4.69) is 17.6 Å². The van der Waals surface area contributed by atoms with Crippen LogP contribution in [0.25, 0.3) is 0 Å². The number of nitro groups is 1. The molecule has 1 aromatic rings. The van der Waals surface area contributed by atoms with E-state index in [1.54, 1.807) is 6.07 Å². The molecule has 3 rings (SSSR count). The van der Waals surface area contributed by atoms with Crippen molar-refractivity contribution >= 4 is 28.9 Å². The van der Waals surface area contributed by atoms with Crippen LogP contribution in [-0.2, 0) is 9.53 Å². The van der Waals surface area contributed by atoms with Crippen LogP contribution in [0, 0.1) is 16.0 Å². The molecule has 0 bridgehead atoms. The van der Waals surface area contributed by atoms with Crippen LogP contribution in [0.3, 0.4) is 0 Å². The largest absolute Gasteiger partial charge is 0.379 e. The molecule has 1 saturated carbocycles. The lowest BCUT2D eigenvalue weighted by Gasteiger charge is -2.32. The average molecular weight is 434 g/mol. The van der Waals surface area contributed by atoms with Crippen molar-refractivity contribution in [1.29, 1.82) is 0 Å². The van der Waals surface area contributed by atoms with E-state index < -0.39 is 10.8 Å².